The van der Waals surface area contributed by atoms with Gasteiger partial charge in [0, 0.05) is 7.11 Å². The summed E-state index contributed by atoms with van der Waals surface area (Å²) >= 11 is 0. The van der Waals surface area contributed by atoms with Gasteiger partial charge in [0.1, 0.15) is 18.5 Å². The average Bonchev–Trinajstić information content (AvgIpc) is 3.39. The molecule has 0 bridgehead atoms. The predicted octanol–water partition coefficient (Wildman–Crippen LogP) is 0.187. The van der Waals surface area contributed by atoms with Gasteiger partial charge in [-0.25, -0.2) is 20.1 Å². The Kier molecular flexibility index (Phi) is 6.35. The summed E-state index contributed by atoms with van der Waals surface area (Å²) in [5.41, 5.74) is 1.17. The molecule has 33 heavy (non-hydrogen) atoms. The van der Waals surface area contributed by atoms with Crippen molar-refractivity contribution in [2.45, 2.75) is 43.7 Å². The molecule has 0 fully saturated rings. The number of nitrogens with two attached hydrogens (primary N) is 1. The first-order valence-corrected chi connectivity index (χ1v) is 11.7. The summed E-state index contributed by atoms with van der Waals surface area (Å²) in [5, 5.41) is 30.2. The van der Waals surface area contributed by atoms with Gasteiger partial charge in [-0.3, -0.25) is 8.75 Å². The van der Waals surface area contributed by atoms with E-state index < -0.39 is 34.8 Å². The lowest BCUT2D eigenvalue weighted by atomic mass is 10.0. The number of aromatic nitrogens is 4. The Hall–Kier alpha value is -2.68. The Labute approximate surface area is 190 Å². The molecule has 2 heterocycles. The number of benzene rings is 1. The van der Waals surface area contributed by atoms with E-state index in [2.05, 4.69) is 36.6 Å². The van der Waals surface area contributed by atoms with Crippen LogP contribution in [0.3, 0.4) is 0 Å². The van der Waals surface area contributed by atoms with Crippen molar-refractivity contribution in [2.75, 3.05) is 19.0 Å². The van der Waals surface area contributed by atoms with Crippen LogP contribution >= 0.6 is 0 Å². The molecule has 0 aliphatic heterocycles. The van der Waals surface area contributed by atoms with Crippen LogP contribution in [0.2, 0.25) is 0 Å². The standard InChI is InChI=1S/C20H26N6O6S/c1-20(28,17(27)15(31-2)9-32-33(21,29)30)26-11-24-16-18(22-10-23-19(16)26)25-14-8-7-12-5-3-4-6-13(12)14/h3-6,10-11,14-15,17,27-28H,7-9H2,1-2H3,(H2,21,29,30)(H,22,23,25)/t14-,15+,17+,20+/m0/s1. The molecule has 2 aromatic heterocycles. The Morgan fingerprint density at radius 2 is 2.09 bits per heavy atom. The molecular formula is C20H26N6O6S. The van der Waals surface area contributed by atoms with Crippen molar-refractivity contribution in [3.63, 3.8) is 0 Å². The summed E-state index contributed by atoms with van der Waals surface area (Å²) in [6, 6.07) is 8.25. The molecule has 5 N–H and O–H groups in total. The lowest BCUT2D eigenvalue weighted by Crippen LogP contribution is -2.51. The maximum Gasteiger partial charge on any atom is 0.333 e. The van der Waals surface area contributed by atoms with Gasteiger partial charge in [0.15, 0.2) is 22.7 Å². The van der Waals surface area contributed by atoms with E-state index in [1.165, 1.54) is 42.4 Å². The summed E-state index contributed by atoms with van der Waals surface area (Å²) in [4.78, 5) is 12.9. The molecule has 178 valence electrons. The monoisotopic (exact) mass is 478 g/mol. The van der Waals surface area contributed by atoms with Gasteiger partial charge in [0.25, 0.3) is 0 Å². The molecule has 12 nitrogen and oxygen atoms in total. The highest BCUT2D eigenvalue weighted by Gasteiger charge is 2.40. The van der Waals surface area contributed by atoms with Crippen molar-refractivity contribution in [3.8, 4) is 0 Å². The molecule has 4 rings (SSSR count). The fourth-order valence-electron chi connectivity index (χ4n) is 4.09. The van der Waals surface area contributed by atoms with Gasteiger partial charge in [-0.05, 0) is 30.9 Å². The first kappa shape index (κ1) is 23.5. The van der Waals surface area contributed by atoms with Crippen molar-refractivity contribution in [1.29, 1.82) is 0 Å². The highest BCUT2D eigenvalue weighted by Crippen LogP contribution is 2.35. The second-order valence-electron chi connectivity index (χ2n) is 8.03. The lowest BCUT2D eigenvalue weighted by molar-refractivity contribution is -0.172. The largest absolute Gasteiger partial charge is 0.385 e. The summed E-state index contributed by atoms with van der Waals surface area (Å²) in [6.07, 6.45) is 1.69. The summed E-state index contributed by atoms with van der Waals surface area (Å²) in [5.74, 6) is 0.492. The van der Waals surface area contributed by atoms with Crippen LogP contribution in [0.4, 0.5) is 5.82 Å². The molecule has 0 radical (unpaired) electrons. The fraction of sp³-hybridized carbons (Fsp3) is 0.450. The van der Waals surface area contributed by atoms with Gasteiger partial charge >= 0.3 is 10.3 Å². The Morgan fingerprint density at radius 3 is 2.82 bits per heavy atom. The van der Waals surface area contributed by atoms with Crippen molar-refractivity contribution in [3.05, 3.63) is 48.0 Å². The number of rotatable bonds is 9. The van der Waals surface area contributed by atoms with Crippen LogP contribution in [0.5, 0.6) is 0 Å². The quantitative estimate of drug-likeness (QED) is 0.332. The van der Waals surface area contributed by atoms with Crippen molar-refractivity contribution >= 4 is 27.3 Å². The van der Waals surface area contributed by atoms with E-state index in [4.69, 9.17) is 9.88 Å². The number of imidazole rings is 1. The number of hydrogen-bond acceptors (Lipinski definition) is 10. The van der Waals surface area contributed by atoms with Crippen LogP contribution in [0, 0.1) is 0 Å². The maximum atomic E-state index is 11.2. The summed E-state index contributed by atoms with van der Waals surface area (Å²) < 4.78 is 33.1. The third-order valence-corrected chi connectivity index (χ3v) is 6.34. The lowest BCUT2D eigenvalue weighted by Gasteiger charge is -2.34. The van der Waals surface area contributed by atoms with Crippen LogP contribution in [-0.4, -0.2) is 64.1 Å². The van der Waals surface area contributed by atoms with Crippen molar-refractivity contribution in [1.82, 2.24) is 19.5 Å². The zero-order valence-corrected chi connectivity index (χ0v) is 18.9. The van der Waals surface area contributed by atoms with E-state index in [0.29, 0.717) is 11.3 Å². The number of nitrogens with one attached hydrogen (secondary N) is 1. The first-order chi connectivity index (χ1) is 15.6. The number of fused-ring (bicyclic) bond motifs is 2. The molecule has 0 saturated carbocycles. The third kappa shape index (κ3) is 4.69. The van der Waals surface area contributed by atoms with Crippen LogP contribution < -0.4 is 10.5 Å². The number of aliphatic hydroxyl groups excluding tert-OH is 1. The first-order valence-electron chi connectivity index (χ1n) is 10.2. The number of anilines is 1. The van der Waals surface area contributed by atoms with E-state index in [-0.39, 0.29) is 11.7 Å². The van der Waals surface area contributed by atoms with Gasteiger partial charge < -0.3 is 20.3 Å². The SMILES string of the molecule is CO[C@H](COS(N)(=O)=O)[C@@H](O)[C@@](C)(O)n1cnc2c(N[C@H]3CCc4ccccc43)ncnc21. The fourth-order valence-corrected chi connectivity index (χ4v) is 4.41. The third-order valence-electron chi connectivity index (χ3n) is 5.88. The van der Waals surface area contributed by atoms with Gasteiger partial charge in [-0.2, -0.15) is 8.42 Å². The van der Waals surface area contributed by atoms with Crippen LogP contribution in [0.1, 0.15) is 30.5 Å². The molecule has 0 amide bonds. The van der Waals surface area contributed by atoms with Crippen molar-refractivity contribution in [2.24, 2.45) is 5.14 Å². The summed E-state index contributed by atoms with van der Waals surface area (Å²) in [7, 11) is -3.01. The molecule has 13 heteroatoms. The van der Waals surface area contributed by atoms with E-state index in [0.717, 1.165) is 12.8 Å². The Morgan fingerprint density at radius 1 is 1.33 bits per heavy atom. The number of aryl methyl sites for hydroxylation is 1. The molecule has 3 aromatic rings. The topological polar surface area (TPSA) is 175 Å². The van der Waals surface area contributed by atoms with Crippen LogP contribution in [-0.2, 0) is 31.4 Å². The van der Waals surface area contributed by atoms with Crippen LogP contribution in [0.25, 0.3) is 11.2 Å². The number of hydrogen-bond donors (Lipinski definition) is 4. The number of methoxy groups -OCH3 is 1. The molecule has 1 aliphatic carbocycles. The van der Waals surface area contributed by atoms with E-state index >= 15 is 0 Å². The normalized spacial score (nSPS) is 19.7. The van der Waals surface area contributed by atoms with E-state index in [1.807, 2.05) is 12.1 Å². The zero-order valence-electron chi connectivity index (χ0n) is 18.1. The average molecular weight is 479 g/mol. The number of nitrogens with zero attached hydrogens (tertiary/aromatic N) is 4. The molecule has 1 aromatic carbocycles. The zero-order chi connectivity index (χ0) is 23.8. The Balaban J connectivity index is 1.61. The smallest absolute Gasteiger partial charge is 0.333 e. The second-order valence-corrected chi connectivity index (χ2v) is 9.26. The summed E-state index contributed by atoms with van der Waals surface area (Å²) in [6.45, 7) is 0.729. The number of ether oxygens (including phenoxy) is 1. The molecule has 0 saturated heterocycles. The van der Waals surface area contributed by atoms with Crippen LogP contribution in [0.15, 0.2) is 36.9 Å². The minimum atomic E-state index is -4.26. The minimum absolute atomic E-state index is 0.0591. The predicted molar refractivity (Wildman–Crippen MR) is 118 cm³/mol. The van der Waals surface area contributed by atoms with Gasteiger partial charge in [0.05, 0.1) is 19.0 Å². The van der Waals surface area contributed by atoms with E-state index in [1.54, 1.807) is 0 Å². The number of aliphatic hydroxyl groups is 2. The molecule has 0 spiro atoms. The van der Waals surface area contributed by atoms with Gasteiger partial charge in [-0.15, -0.1) is 0 Å². The molecule has 0 unspecified atom stereocenters. The van der Waals surface area contributed by atoms with Crippen molar-refractivity contribution < 1.29 is 27.6 Å². The second kappa shape index (κ2) is 8.93. The van der Waals surface area contributed by atoms with E-state index in [9.17, 15) is 18.6 Å². The molecule has 4 atom stereocenters. The van der Waals surface area contributed by atoms with Gasteiger partial charge in [-0.1, -0.05) is 24.3 Å². The highest BCUT2D eigenvalue weighted by molar-refractivity contribution is 7.84. The molecule has 1 aliphatic rings. The molecular weight excluding hydrogens is 452 g/mol. The van der Waals surface area contributed by atoms with Gasteiger partial charge in [0.2, 0.25) is 0 Å². The highest BCUT2D eigenvalue weighted by atomic mass is 32.2. The Bertz CT molecular complexity index is 1250. The maximum absolute atomic E-state index is 11.2. The minimum Gasteiger partial charge on any atom is -0.385 e.